The highest BCUT2D eigenvalue weighted by atomic mass is 32.2. The number of carbonyl (C=O) groups is 2. The van der Waals surface area contributed by atoms with Crippen molar-refractivity contribution in [2.24, 2.45) is 5.73 Å². The van der Waals surface area contributed by atoms with Crippen molar-refractivity contribution in [3.8, 4) is 0 Å². The van der Waals surface area contributed by atoms with Crippen LogP contribution in [0.3, 0.4) is 0 Å². The molecule has 0 radical (unpaired) electrons. The van der Waals surface area contributed by atoms with E-state index in [9.17, 15) is 9.59 Å². The van der Waals surface area contributed by atoms with Crippen LogP contribution in [-0.4, -0.2) is 36.5 Å². The Bertz CT molecular complexity index is 237. The van der Waals surface area contributed by atoms with Crippen molar-refractivity contribution in [1.82, 2.24) is 10.6 Å². The SMILES string of the molecule is CSCCCCCCNC(C)C(=O)NC(N)=O. The molecule has 5 nitrogen and oxygen atoms in total. The molecule has 0 saturated carbocycles. The predicted molar refractivity (Wildman–Crippen MR) is 72.0 cm³/mol. The molecule has 0 rings (SSSR count). The fraction of sp³-hybridized carbons (Fsp3) is 0.818. The lowest BCUT2D eigenvalue weighted by atomic mass is 10.2. The molecule has 0 aliphatic heterocycles. The van der Waals surface area contributed by atoms with Crippen molar-refractivity contribution in [2.45, 2.75) is 38.6 Å². The van der Waals surface area contributed by atoms with Gasteiger partial charge < -0.3 is 11.1 Å². The molecule has 17 heavy (non-hydrogen) atoms. The highest BCUT2D eigenvalue weighted by Gasteiger charge is 2.12. The average Bonchev–Trinajstić information content (AvgIpc) is 2.26. The number of nitrogens with one attached hydrogen (secondary N) is 2. The summed E-state index contributed by atoms with van der Waals surface area (Å²) in [4.78, 5) is 21.7. The molecule has 1 atom stereocenters. The first kappa shape index (κ1) is 16.2. The van der Waals surface area contributed by atoms with Gasteiger partial charge in [0, 0.05) is 0 Å². The summed E-state index contributed by atoms with van der Waals surface area (Å²) in [5, 5.41) is 5.10. The van der Waals surface area contributed by atoms with Gasteiger partial charge in [-0.15, -0.1) is 0 Å². The van der Waals surface area contributed by atoms with E-state index < -0.39 is 6.03 Å². The zero-order valence-corrected chi connectivity index (χ0v) is 11.4. The van der Waals surface area contributed by atoms with Crippen LogP contribution in [0.4, 0.5) is 4.79 Å². The summed E-state index contributed by atoms with van der Waals surface area (Å²) in [6.45, 7) is 2.50. The maximum Gasteiger partial charge on any atom is 0.318 e. The number of imide groups is 1. The van der Waals surface area contributed by atoms with Crippen LogP contribution in [0.25, 0.3) is 0 Å². The van der Waals surface area contributed by atoms with Gasteiger partial charge in [0.05, 0.1) is 6.04 Å². The number of urea groups is 1. The quantitative estimate of drug-likeness (QED) is 0.542. The first-order valence-electron chi connectivity index (χ1n) is 5.90. The second-order valence-corrected chi connectivity index (χ2v) is 4.92. The standard InChI is InChI=1S/C11H23N3O2S/c1-9(10(15)14-11(12)16)13-7-5-3-4-6-8-17-2/h9,13H,3-8H2,1-2H3,(H3,12,14,15,16). The van der Waals surface area contributed by atoms with Crippen molar-refractivity contribution in [1.29, 1.82) is 0 Å². The highest BCUT2D eigenvalue weighted by Crippen LogP contribution is 2.03. The Kier molecular flexibility index (Phi) is 9.95. The second kappa shape index (κ2) is 10.4. The third kappa shape index (κ3) is 10.1. The molecule has 0 spiro atoms. The highest BCUT2D eigenvalue weighted by molar-refractivity contribution is 7.98. The van der Waals surface area contributed by atoms with E-state index in [-0.39, 0.29) is 11.9 Å². The number of nitrogens with two attached hydrogens (primary N) is 1. The third-order valence-electron chi connectivity index (χ3n) is 2.37. The van der Waals surface area contributed by atoms with Crippen molar-refractivity contribution in [3.05, 3.63) is 0 Å². The van der Waals surface area contributed by atoms with Crippen LogP contribution in [0.2, 0.25) is 0 Å². The number of rotatable bonds is 9. The maximum atomic E-state index is 11.3. The van der Waals surface area contributed by atoms with E-state index in [4.69, 9.17) is 5.73 Å². The fourth-order valence-corrected chi connectivity index (χ4v) is 1.86. The number of amides is 3. The summed E-state index contributed by atoms with van der Waals surface area (Å²) in [5.74, 6) is 0.838. The Hall–Kier alpha value is -0.750. The lowest BCUT2D eigenvalue weighted by Crippen LogP contribution is -2.46. The van der Waals surface area contributed by atoms with Crippen LogP contribution in [-0.2, 0) is 4.79 Å². The topological polar surface area (TPSA) is 84.2 Å². The number of hydrogen-bond acceptors (Lipinski definition) is 4. The summed E-state index contributed by atoms with van der Waals surface area (Å²) in [6, 6.07) is -1.19. The smallest absolute Gasteiger partial charge is 0.318 e. The molecule has 3 amide bonds. The third-order valence-corrected chi connectivity index (χ3v) is 3.06. The van der Waals surface area contributed by atoms with Crippen LogP contribution in [0.1, 0.15) is 32.6 Å². The molecule has 0 aliphatic rings. The molecule has 0 fully saturated rings. The van der Waals surface area contributed by atoms with Crippen molar-refractivity contribution in [2.75, 3.05) is 18.6 Å². The molecule has 0 saturated heterocycles. The fourth-order valence-electron chi connectivity index (χ4n) is 1.37. The van der Waals surface area contributed by atoms with E-state index in [0.717, 1.165) is 19.4 Å². The van der Waals surface area contributed by atoms with Crippen molar-refractivity contribution < 1.29 is 9.59 Å². The van der Waals surface area contributed by atoms with Gasteiger partial charge in [0.2, 0.25) is 5.91 Å². The Balaban J connectivity index is 3.41. The molecule has 0 aromatic heterocycles. The van der Waals surface area contributed by atoms with Gasteiger partial charge in [-0.05, 0) is 38.3 Å². The van der Waals surface area contributed by atoms with Crippen molar-refractivity contribution in [3.63, 3.8) is 0 Å². The summed E-state index contributed by atoms with van der Waals surface area (Å²) >= 11 is 1.87. The van der Waals surface area contributed by atoms with Crippen LogP contribution in [0.5, 0.6) is 0 Å². The van der Waals surface area contributed by atoms with Gasteiger partial charge in [0.25, 0.3) is 0 Å². The minimum Gasteiger partial charge on any atom is -0.351 e. The van der Waals surface area contributed by atoms with E-state index in [1.165, 1.54) is 18.6 Å². The minimum absolute atomic E-state index is 0.375. The van der Waals surface area contributed by atoms with Crippen LogP contribution in [0.15, 0.2) is 0 Å². The van der Waals surface area contributed by atoms with Gasteiger partial charge in [0.15, 0.2) is 0 Å². The van der Waals surface area contributed by atoms with E-state index in [1.807, 2.05) is 17.1 Å². The molecule has 0 aliphatic carbocycles. The average molecular weight is 261 g/mol. The van der Waals surface area contributed by atoms with Gasteiger partial charge in [-0.1, -0.05) is 12.8 Å². The summed E-state index contributed by atoms with van der Waals surface area (Å²) < 4.78 is 0. The number of carbonyl (C=O) groups excluding carboxylic acids is 2. The summed E-state index contributed by atoms with van der Waals surface area (Å²) in [6.07, 6.45) is 6.80. The van der Waals surface area contributed by atoms with Crippen LogP contribution >= 0.6 is 11.8 Å². The van der Waals surface area contributed by atoms with E-state index in [1.54, 1.807) is 6.92 Å². The Morgan fingerprint density at radius 2 is 1.88 bits per heavy atom. The van der Waals surface area contributed by atoms with Crippen LogP contribution in [0, 0.1) is 0 Å². The van der Waals surface area contributed by atoms with E-state index in [2.05, 4.69) is 11.6 Å². The first-order valence-corrected chi connectivity index (χ1v) is 7.30. The molecule has 100 valence electrons. The molecule has 0 aromatic rings. The molecular weight excluding hydrogens is 238 g/mol. The molecular formula is C11H23N3O2S. The van der Waals surface area contributed by atoms with Crippen molar-refractivity contribution >= 4 is 23.7 Å². The number of primary amides is 1. The first-order chi connectivity index (χ1) is 8.07. The Morgan fingerprint density at radius 3 is 2.47 bits per heavy atom. The Morgan fingerprint density at radius 1 is 1.24 bits per heavy atom. The monoisotopic (exact) mass is 261 g/mol. The predicted octanol–water partition coefficient (Wildman–Crippen LogP) is 1.08. The van der Waals surface area contributed by atoms with Gasteiger partial charge in [0.1, 0.15) is 0 Å². The number of thioether (sulfide) groups is 1. The van der Waals surface area contributed by atoms with Gasteiger partial charge in [-0.2, -0.15) is 11.8 Å². The molecule has 4 N–H and O–H groups in total. The molecule has 0 aromatic carbocycles. The lowest BCUT2D eigenvalue weighted by Gasteiger charge is -2.12. The second-order valence-electron chi connectivity index (χ2n) is 3.94. The normalized spacial score (nSPS) is 12.1. The molecule has 6 heteroatoms. The van der Waals surface area contributed by atoms with E-state index in [0.29, 0.717) is 0 Å². The largest absolute Gasteiger partial charge is 0.351 e. The Labute approximate surface area is 107 Å². The van der Waals surface area contributed by atoms with Crippen LogP contribution < -0.4 is 16.4 Å². The molecule has 0 bridgehead atoms. The lowest BCUT2D eigenvalue weighted by molar-refractivity contribution is -0.121. The van der Waals surface area contributed by atoms with E-state index >= 15 is 0 Å². The van der Waals surface area contributed by atoms with Gasteiger partial charge in [-0.25, -0.2) is 4.79 Å². The van der Waals surface area contributed by atoms with Gasteiger partial charge in [-0.3, -0.25) is 10.1 Å². The zero-order chi connectivity index (χ0) is 13.1. The minimum atomic E-state index is -0.805. The maximum absolute atomic E-state index is 11.3. The molecule has 0 heterocycles. The number of unbranched alkanes of at least 4 members (excludes halogenated alkanes) is 3. The zero-order valence-electron chi connectivity index (χ0n) is 10.6. The summed E-state index contributed by atoms with van der Waals surface area (Å²) in [5.41, 5.74) is 4.85. The van der Waals surface area contributed by atoms with Gasteiger partial charge >= 0.3 is 6.03 Å². The summed E-state index contributed by atoms with van der Waals surface area (Å²) in [7, 11) is 0. The number of hydrogen-bond donors (Lipinski definition) is 3. The molecule has 1 unspecified atom stereocenters.